The van der Waals surface area contributed by atoms with Gasteiger partial charge in [-0.15, -0.1) is 0 Å². The minimum atomic E-state index is -1.36. The van der Waals surface area contributed by atoms with Crippen molar-refractivity contribution in [2.24, 2.45) is 0 Å². The maximum Gasteiger partial charge on any atom is 0.416 e. The molecule has 0 heterocycles. The van der Waals surface area contributed by atoms with Crippen molar-refractivity contribution in [2.75, 3.05) is 0 Å². The fourth-order valence-corrected chi connectivity index (χ4v) is 1.98. The van der Waals surface area contributed by atoms with Gasteiger partial charge in [0.15, 0.2) is 5.78 Å². The van der Waals surface area contributed by atoms with Crippen LogP contribution in [0.5, 0.6) is 0 Å². The summed E-state index contributed by atoms with van der Waals surface area (Å²) in [5.41, 5.74) is 3.78. The van der Waals surface area contributed by atoms with Gasteiger partial charge < -0.3 is 10.0 Å². The van der Waals surface area contributed by atoms with Gasteiger partial charge in [-0.1, -0.05) is 48.5 Å². The SMILES string of the molecule is O=C1c2ccccc2-c2ccccc21.OB(O)[Si]. The van der Waals surface area contributed by atoms with Crippen LogP contribution in [0.2, 0.25) is 0 Å². The van der Waals surface area contributed by atoms with Crippen molar-refractivity contribution in [2.45, 2.75) is 0 Å². The van der Waals surface area contributed by atoms with Crippen molar-refractivity contribution in [3.05, 3.63) is 59.7 Å². The molecular weight excluding hydrogens is 243 g/mol. The highest BCUT2D eigenvalue weighted by Crippen LogP contribution is 2.35. The van der Waals surface area contributed by atoms with E-state index in [0.717, 1.165) is 22.3 Å². The maximum atomic E-state index is 11.9. The second-order valence-corrected chi connectivity index (χ2v) is 4.31. The van der Waals surface area contributed by atoms with Gasteiger partial charge >= 0.3 is 6.71 Å². The van der Waals surface area contributed by atoms with E-state index in [1.54, 1.807) is 0 Å². The van der Waals surface area contributed by atoms with Crippen molar-refractivity contribution in [3.63, 3.8) is 0 Å². The molecule has 0 amide bonds. The molecule has 2 aromatic rings. The molecule has 0 saturated carbocycles. The Hall–Kier alpha value is -1.69. The molecule has 0 aliphatic heterocycles. The van der Waals surface area contributed by atoms with Gasteiger partial charge in [0.2, 0.25) is 0 Å². The summed E-state index contributed by atoms with van der Waals surface area (Å²) in [7, 11) is 2.42. The number of hydrogen-bond donors (Lipinski definition) is 2. The van der Waals surface area contributed by atoms with Crippen LogP contribution in [-0.4, -0.2) is 32.7 Å². The lowest BCUT2D eigenvalue weighted by Crippen LogP contribution is -2.08. The first-order valence-electron chi connectivity index (χ1n) is 5.41. The molecule has 2 N–H and O–H groups in total. The monoisotopic (exact) mass is 253 g/mol. The largest absolute Gasteiger partial charge is 0.431 e. The zero-order valence-electron chi connectivity index (χ0n) is 9.50. The number of carbonyl (C=O) groups excluding carboxylic acids is 1. The van der Waals surface area contributed by atoms with Crippen LogP contribution >= 0.6 is 0 Å². The van der Waals surface area contributed by atoms with Gasteiger partial charge in [0, 0.05) is 11.1 Å². The first-order valence-corrected chi connectivity index (χ1v) is 5.99. The normalized spacial score (nSPS) is 11.2. The molecule has 0 aromatic heterocycles. The Morgan fingerprint density at radius 3 is 1.39 bits per heavy atom. The van der Waals surface area contributed by atoms with E-state index in [0.29, 0.717) is 0 Å². The molecule has 1 aliphatic rings. The summed E-state index contributed by atoms with van der Waals surface area (Å²) in [4.78, 5) is 11.9. The van der Waals surface area contributed by atoms with Crippen LogP contribution in [0.1, 0.15) is 15.9 Å². The second kappa shape index (κ2) is 5.31. The molecule has 1 aliphatic carbocycles. The first kappa shape index (κ1) is 12.8. The molecule has 0 atom stereocenters. The summed E-state index contributed by atoms with van der Waals surface area (Å²) < 4.78 is 0. The third-order valence-corrected chi connectivity index (χ3v) is 2.63. The van der Waals surface area contributed by atoms with Crippen molar-refractivity contribution < 1.29 is 14.8 Å². The summed E-state index contributed by atoms with van der Waals surface area (Å²) in [6, 6.07) is 15.5. The van der Waals surface area contributed by atoms with E-state index >= 15 is 0 Å². The minimum absolute atomic E-state index is 0.149. The van der Waals surface area contributed by atoms with Gasteiger partial charge in [-0.2, -0.15) is 0 Å². The molecule has 5 heteroatoms. The van der Waals surface area contributed by atoms with Gasteiger partial charge in [-0.25, -0.2) is 0 Å². The van der Waals surface area contributed by atoms with Gasteiger partial charge in [-0.05, 0) is 11.1 Å². The highest BCUT2D eigenvalue weighted by Gasteiger charge is 2.24. The average Bonchev–Trinajstić information content (AvgIpc) is 2.64. The van der Waals surface area contributed by atoms with Crippen LogP contribution in [-0.2, 0) is 0 Å². The average molecular weight is 253 g/mol. The molecule has 3 radical (unpaired) electrons. The van der Waals surface area contributed by atoms with Crippen LogP contribution in [0, 0.1) is 0 Å². The Balaban J connectivity index is 0.000000267. The van der Waals surface area contributed by atoms with Gasteiger partial charge in [-0.3, -0.25) is 4.79 Å². The van der Waals surface area contributed by atoms with E-state index in [-0.39, 0.29) is 5.78 Å². The molecular formula is C13H10BO3Si. The molecule has 0 saturated heterocycles. The number of benzene rings is 2. The second-order valence-electron chi connectivity index (χ2n) is 3.79. The Kier molecular flexibility index (Phi) is 3.76. The zero-order valence-corrected chi connectivity index (χ0v) is 10.5. The summed E-state index contributed by atoms with van der Waals surface area (Å²) in [5, 5.41) is 15.0. The van der Waals surface area contributed by atoms with Crippen molar-refractivity contribution in [1.29, 1.82) is 0 Å². The highest BCUT2D eigenvalue weighted by atomic mass is 28.1. The fourth-order valence-electron chi connectivity index (χ4n) is 1.98. The van der Waals surface area contributed by atoms with E-state index in [4.69, 9.17) is 10.0 Å². The summed E-state index contributed by atoms with van der Waals surface area (Å²) in [6.45, 7) is -1.36. The van der Waals surface area contributed by atoms with E-state index in [1.807, 2.05) is 48.5 Å². The van der Waals surface area contributed by atoms with Gasteiger partial charge in [0.25, 0.3) is 0 Å². The topological polar surface area (TPSA) is 57.5 Å². The number of ketones is 1. The van der Waals surface area contributed by atoms with Crippen molar-refractivity contribution >= 4 is 22.6 Å². The smallest absolute Gasteiger partial charge is 0.416 e. The molecule has 0 spiro atoms. The molecule has 0 bridgehead atoms. The quantitative estimate of drug-likeness (QED) is 0.588. The molecule has 3 rings (SSSR count). The third-order valence-electron chi connectivity index (χ3n) is 2.63. The molecule has 2 aromatic carbocycles. The predicted molar refractivity (Wildman–Crippen MR) is 71.3 cm³/mol. The molecule has 0 unspecified atom stereocenters. The molecule has 18 heavy (non-hydrogen) atoms. The summed E-state index contributed by atoms with van der Waals surface area (Å²) >= 11 is 0. The predicted octanol–water partition coefficient (Wildman–Crippen LogP) is 1.02. The number of rotatable bonds is 0. The van der Waals surface area contributed by atoms with E-state index in [1.165, 1.54) is 0 Å². The first-order chi connectivity index (χ1) is 8.61. The highest BCUT2D eigenvalue weighted by molar-refractivity contribution is 6.93. The van der Waals surface area contributed by atoms with Gasteiger partial charge in [0.1, 0.15) is 0 Å². The Morgan fingerprint density at radius 2 is 1.06 bits per heavy atom. The van der Waals surface area contributed by atoms with Crippen LogP contribution in [0.25, 0.3) is 11.1 Å². The van der Waals surface area contributed by atoms with E-state index < -0.39 is 6.71 Å². The zero-order chi connectivity index (χ0) is 13.1. The lowest BCUT2D eigenvalue weighted by Gasteiger charge is -1.96. The van der Waals surface area contributed by atoms with Crippen LogP contribution < -0.4 is 0 Å². The Morgan fingerprint density at radius 1 is 0.778 bits per heavy atom. The number of hydrogen-bond acceptors (Lipinski definition) is 3. The molecule has 87 valence electrons. The van der Waals surface area contributed by atoms with Crippen LogP contribution in [0.4, 0.5) is 0 Å². The van der Waals surface area contributed by atoms with Crippen LogP contribution in [0.15, 0.2) is 48.5 Å². The number of fused-ring (bicyclic) bond motifs is 3. The Labute approximate surface area is 109 Å². The lowest BCUT2D eigenvalue weighted by atomic mass is 10.1. The minimum Gasteiger partial charge on any atom is -0.431 e. The molecule has 0 fully saturated rings. The van der Waals surface area contributed by atoms with E-state index in [9.17, 15) is 4.79 Å². The number of carbonyl (C=O) groups is 1. The maximum absolute atomic E-state index is 11.9. The third kappa shape index (κ3) is 2.43. The molecule has 3 nitrogen and oxygen atoms in total. The summed E-state index contributed by atoms with van der Waals surface area (Å²) in [6.07, 6.45) is 0. The summed E-state index contributed by atoms with van der Waals surface area (Å²) in [5.74, 6) is 0.149. The van der Waals surface area contributed by atoms with Crippen molar-refractivity contribution in [3.8, 4) is 11.1 Å². The standard InChI is InChI=1S/C13H8O.BH2O2Si/c14-13-11-7-3-1-5-9(11)10-6-2-4-8-12(10)13;2-1(3)4/h1-8H;2-3H. The van der Waals surface area contributed by atoms with Gasteiger partial charge in [0.05, 0.1) is 10.1 Å². The van der Waals surface area contributed by atoms with E-state index in [2.05, 4.69) is 10.1 Å². The fraction of sp³-hybridized carbons (Fsp3) is 0. The lowest BCUT2D eigenvalue weighted by molar-refractivity contribution is 0.104. The van der Waals surface area contributed by atoms with Crippen molar-refractivity contribution in [1.82, 2.24) is 0 Å². The van der Waals surface area contributed by atoms with Crippen LogP contribution in [0.3, 0.4) is 0 Å². The Bertz CT molecular complexity index is 534.